The summed E-state index contributed by atoms with van der Waals surface area (Å²) in [7, 11) is -3.65. The molecule has 0 atom stereocenters. The molecule has 0 unspecified atom stereocenters. The van der Waals surface area contributed by atoms with Crippen LogP contribution in [0.5, 0.6) is 0 Å². The predicted octanol–water partition coefficient (Wildman–Crippen LogP) is 5.65. The third-order valence-corrected chi connectivity index (χ3v) is 7.65. The zero-order chi connectivity index (χ0) is 25.4. The Morgan fingerprint density at radius 1 is 1.03 bits per heavy atom. The maximum atomic E-state index is 13.7. The standard InChI is InChI=1S/C28H35N3O4S/c1-2-3-16-31(21-25-13-10-19-35-25)27-15-14-24(20-26(27)28(32)30-17-8-5-9-18-30)29-36(33,34)22-23-11-6-4-7-12-23/h4,6-7,10-15,19-20,29H,2-3,5,8-9,16-18,21-22H2,1H3. The molecule has 7 nitrogen and oxygen atoms in total. The summed E-state index contributed by atoms with van der Waals surface area (Å²) in [6, 6.07) is 18.1. The number of amides is 1. The van der Waals surface area contributed by atoms with E-state index in [4.69, 9.17) is 4.42 Å². The topological polar surface area (TPSA) is 82.9 Å². The monoisotopic (exact) mass is 509 g/mol. The van der Waals surface area contributed by atoms with Gasteiger partial charge in [-0.25, -0.2) is 8.42 Å². The maximum absolute atomic E-state index is 13.7. The summed E-state index contributed by atoms with van der Waals surface area (Å²) in [5, 5.41) is 0. The molecule has 3 aromatic rings. The molecule has 36 heavy (non-hydrogen) atoms. The van der Waals surface area contributed by atoms with Crippen molar-refractivity contribution in [3.8, 4) is 0 Å². The van der Waals surface area contributed by atoms with Gasteiger partial charge < -0.3 is 14.2 Å². The van der Waals surface area contributed by atoms with E-state index < -0.39 is 10.0 Å². The Hall–Kier alpha value is -3.26. The van der Waals surface area contributed by atoms with Crippen molar-refractivity contribution in [1.82, 2.24) is 4.90 Å². The van der Waals surface area contributed by atoms with Gasteiger partial charge in [-0.1, -0.05) is 43.7 Å². The maximum Gasteiger partial charge on any atom is 0.256 e. The number of piperidine rings is 1. The summed E-state index contributed by atoms with van der Waals surface area (Å²) in [4.78, 5) is 17.7. The Morgan fingerprint density at radius 2 is 1.81 bits per heavy atom. The molecule has 8 heteroatoms. The van der Waals surface area contributed by atoms with Crippen LogP contribution < -0.4 is 9.62 Å². The molecule has 192 valence electrons. The number of sulfonamides is 1. The van der Waals surface area contributed by atoms with Crippen molar-refractivity contribution in [2.24, 2.45) is 0 Å². The lowest BCUT2D eigenvalue weighted by Crippen LogP contribution is -2.37. The van der Waals surface area contributed by atoms with Gasteiger partial charge in [-0.05, 0) is 61.6 Å². The second-order valence-corrected chi connectivity index (χ2v) is 11.0. The van der Waals surface area contributed by atoms with Crippen LogP contribution in [0, 0.1) is 0 Å². The van der Waals surface area contributed by atoms with Crippen molar-refractivity contribution in [3.05, 3.63) is 83.8 Å². The van der Waals surface area contributed by atoms with Crippen LogP contribution in [0.1, 0.15) is 60.7 Å². The molecule has 1 aliphatic rings. The fourth-order valence-electron chi connectivity index (χ4n) is 4.55. The van der Waals surface area contributed by atoms with Gasteiger partial charge in [0.1, 0.15) is 5.76 Å². The first-order chi connectivity index (χ1) is 17.4. The van der Waals surface area contributed by atoms with Gasteiger partial charge in [-0.15, -0.1) is 0 Å². The molecule has 1 N–H and O–H groups in total. The minimum absolute atomic E-state index is 0.0604. The first-order valence-electron chi connectivity index (χ1n) is 12.7. The second kappa shape index (κ2) is 12.1. The molecule has 2 heterocycles. The number of hydrogen-bond donors (Lipinski definition) is 1. The third-order valence-electron chi connectivity index (χ3n) is 6.39. The van der Waals surface area contributed by atoms with Crippen molar-refractivity contribution >= 4 is 27.3 Å². The van der Waals surface area contributed by atoms with Crippen LogP contribution >= 0.6 is 0 Å². The number of nitrogens with one attached hydrogen (secondary N) is 1. The first-order valence-corrected chi connectivity index (χ1v) is 14.4. The number of rotatable bonds is 11. The lowest BCUT2D eigenvalue weighted by Gasteiger charge is -2.31. The lowest BCUT2D eigenvalue weighted by molar-refractivity contribution is 0.0725. The Bertz CT molecular complexity index is 1220. The molecular formula is C28H35N3O4S. The fraction of sp³-hybridized carbons (Fsp3) is 0.393. The molecule has 1 aromatic heterocycles. The van der Waals surface area contributed by atoms with Crippen molar-refractivity contribution in [2.75, 3.05) is 29.3 Å². The van der Waals surface area contributed by atoms with Crippen LogP contribution in [0.2, 0.25) is 0 Å². The average molecular weight is 510 g/mol. The number of benzene rings is 2. The van der Waals surface area contributed by atoms with Gasteiger partial charge in [0.05, 0.1) is 29.8 Å². The highest BCUT2D eigenvalue weighted by atomic mass is 32.2. The summed E-state index contributed by atoms with van der Waals surface area (Å²) in [6.07, 6.45) is 6.71. The van der Waals surface area contributed by atoms with Crippen LogP contribution in [0.15, 0.2) is 71.3 Å². The zero-order valence-electron chi connectivity index (χ0n) is 20.9. The molecule has 0 spiro atoms. The smallest absolute Gasteiger partial charge is 0.256 e. The molecule has 1 saturated heterocycles. The van der Waals surface area contributed by atoms with E-state index in [1.54, 1.807) is 30.5 Å². The second-order valence-electron chi connectivity index (χ2n) is 9.29. The molecule has 1 fully saturated rings. The Balaban J connectivity index is 1.66. The molecule has 0 saturated carbocycles. The Kier molecular flexibility index (Phi) is 8.70. The van der Waals surface area contributed by atoms with Gasteiger partial charge in [0, 0.05) is 25.3 Å². The van der Waals surface area contributed by atoms with E-state index in [1.165, 1.54) is 0 Å². The minimum atomic E-state index is -3.65. The van der Waals surface area contributed by atoms with E-state index in [0.29, 0.717) is 23.4 Å². The highest BCUT2D eigenvalue weighted by Crippen LogP contribution is 2.29. The van der Waals surface area contributed by atoms with Crippen molar-refractivity contribution in [2.45, 2.75) is 51.3 Å². The van der Waals surface area contributed by atoms with Gasteiger partial charge in [0.25, 0.3) is 5.91 Å². The van der Waals surface area contributed by atoms with E-state index >= 15 is 0 Å². The van der Waals surface area contributed by atoms with Gasteiger partial charge in [-0.3, -0.25) is 9.52 Å². The van der Waals surface area contributed by atoms with E-state index in [0.717, 1.165) is 63.2 Å². The van der Waals surface area contributed by atoms with Gasteiger partial charge in [-0.2, -0.15) is 0 Å². The predicted molar refractivity (Wildman–Crippen MR) is 144 cm³/mol. The number of unbranched alkanes of at least 4 members (excludes halogenated alkanes) is 1. The molecule has 4 rings (SSSR count). The van der Waals surface area contributed by atoms with Gasteiger partial charge >= 0.3 is 0 Å². The number of hydrogen-bond acceptors (Lipinski definition) is 5. The summed E-state index contributed by atoms with van der Waals surface area (Å²) < 4.78 is 34.1. The van der Waals surface area contributed by atoms with E-state index in [9.17, 15) is 13.2 Å². The Labute approximate surface area is 214 Å². The number of nitrogens with zero attached hydrogens (tertiary/aromatic N) is 2. The fourth-order valence-corrected chi connectivity index (χ4v) is 5.74. The highest BCUT2D eigenvalue weighted by Gasteiger charge is 2.25. The summed E-state index contributed by atoms with van der Waals surface area (Å²) in [5.41, 5.74) is 2.40. The number of likely N-dealkylation sites (tertiary alicyclic amines) is 1. The molecular weight excluding hydrogens is 474 g/mol. The molecule has 0 aliphatic carbocycles. The quantitative estimate of drug-likeness (QED) is 0.361. The SMILES string of the molecule is CCCCN(Cc1ccco1)c1ccc(NS(=O)(=O)Cc2ccccc2)cc1C(=O)N1CCCCC1. The van der Waals surface area contributed by atoms with Crippen LogP contribution in [0.3, 0.4) is 0 Å². The molecule has 0 radical (unpaired) electrons. The van der Waals surface area contributed by atoms with E-state index in [2.05, 4.69) is 16.5 Å². The van der Waals surface area contributed by atoms with Crippen LogP contribution in [-0.2, 0) is 22.3 Å². The normalized spacial score (nSPS) is 14.0. The first kappa shape index (κ1) is 25.8. The molecule has 1 amide bonds. The van der Waals surface area contributed by atoms with Crippen molar-refractivity contribution in [1.29, 1.82) is 0 Å². The molecule has 2 aromatic carbocycles. The van der Waals surface area contributed by atoms with Crippen molar-refractivity contribution < 1.29 is 17.6 Å². The molecule has 1 aliphatic heterocycles. The number of anilines is 2. The highest BCUT2D eigenvalue weighted by molar-refractivity contribution is 7.91. The summed E-state index contributed by atoms with van der Waals surface area (Å²) in [5.74, 6) is 0.622. The largest absolute Gasteiger partial charge is 0.467 e. The van der Waals surface area contributed by atoms with E-state index in [1.807, 2.05) is 41.3 Å². The minimum Gasteiger partial charge on any atom is -0.467 e. The number of carbonyl (C=O) groups is 1. The lowest BCUT2D eigenvalue weighted by atomic mass is 10.1. The number of carbonyl (C=O) groups excluding carboxylic acids is 1. The number of furan rings is 1. The van der Waals surface area contributed by atoms with Crippen LogP contribution in [0.4, 0.5) is 11.4 Å². The molecule has 0 bridgehead atoms. The van der Waals surface area contributed by atoms with Crippen LogP contribution in [-0.4, -0.2) is 38.9 Å². The van der Waals surface area contributed by atoms with Gasteiger partial charge in [0.2, 0.25) is 10.0 Å². The van der Waals surface area contributed by atoms with Crippen LogP contribution in [0.25, 0.3) is 0 Å². The summed E-state index contributed by atoms with van der Waals surface area (Å²) >= 11 is 0. The average Bonchev–Trinajstić information content (AvgIpc) is 3.40. The Morgan fingerprint density at radius 3 is 2.50 bits per heavy atom. The van der Waals surface area contributed by atoms with Gasteiger partial charge in [0.15, 0.2) is 0 Å². The van der Waals surface area contributed by atoms with Crippen molar-refractivity contribution in [3.63, 3.8) is 0 Å². The zero-order valence-corrected chi connectivity index (χ0v) is 21.7. The van der Waals surface area contributed by atoms with E-state index in [-0.39, 0.29) is 11.7 Å². The third kappa shape index (κ3) is 6.91. The summed E-state index contributed by atoms with van der Waals surface area (Å²) in [6.45, 7) is 4.86.